The number of hydrogen-bond acceptors (Lipinski definition) is 4. The van der Waals surface area contributed by atoms with E-state index in [0.29, 0.717) is 18.6 Å². The Morgan fingerprint density at radius 1 is 1.03 bits per heavy atom. The molecule has 0 unspecified atom stereocenters. The van der Waals surface area contributed by atoms with Crippen LogP contribution >= 0.6 is 0 Å². The number of benzene rings is 2. The molecule has 0 saturated carbocycles. The lowest BCUT2D eigenvalue weighted by atomic mass is 9.76. The number of nitrogens with two attached hydrogens (primary N) is 2. The Labute approximate surface area is 192 Å². The van der Waals surface area contributed by atoms with E-state index >= 15 is 0 Å². The molecule has 0 aromatic heterocycles. The number of carbonyl (C=O) groups excluding carboxylic acids is 1. The molecule has 2 aromatic rings. The van der Waals surface area contributed by atoms with Gasteiger partial charge in [-0.3, -0.25) is 4.79 Å². The van der Waals surface area contributed by atoms with Crippen LogP contribution in [0.25, 0.3) is 0 Å². The summed E-state index contributed by atoms with van der Waals surface area (Å²) in [5, 5.41) is 3.19. The standard InChI is InChI=1S/C23H25F6N3O2/c1-14(15-9-17(22(24,25)26)11-18(10-15)23(27,28)29)34-13-21(16-5-3-2-4-6-16)8-7-20(31,12-32-21)19(30)33/h2-6,9-11,14,32H,7-8,12-13,31H2,1H3,(H2,30,33)/t14-,20-,21-/m1/s1. The molecular weight excluding hydrogens is 464 g/mol. The number of hydrogen-bond donors (Lipinski definition) is 3. The minimum atomic E-state index is -4.95. The average molecular weight is 489 g/mol. The molecule has 5 N–H and O–H groups in total. The van der Waals surface area contributed by atoms with Crippen molar-refractivity contribution in [3.05, 3.63) is 70.8 Å². The maximum absolute atomic E-state index is 13.2. The molecule has 0 spiro atoms. The molecule has 2 aromatic carbocycles. The van der Waals surface area contributed by atoms with Crippen molar-refractivity contribution < 1.29 is 35.9 Å². The fourth-order valence-electron chi connectivity index (χ4n) is 3.94. The van der Waals surface area contributed by atoms with Crippen LogP contribution in [0.1, 0.15) is 48.1 Å². The summed E-state index contributed by atoms with van der Waals surface area (Å²) in [5.74, 6) is -0.681. The van der Waals surface area contributed by atoms with Crippen LogP contribution in [0.3, 0.4) is 0 Å². The summed E-state index contributed by atoms with van der Waals surface area (Å²) in [7, 11) is 0. The molecule has 34 heavy (non-hydrogen) atoms. The Morgan fingerprint density at radius 2 is 1.59 bits per heavy atom. The number of halogens is 6. The molecule has 11 heteroatoms. The highest BCUT2D eigenvalue weighted by Gasteiger charge is 2.45. The van der Waals surface area contributed by atoms with E-state index in [9.17, 15) is 31.1 Å². The number of primary amides is 1. The number of alkyl halides is 6. The second-order valence-electron chi connectivity index (χ2n) is 8.61. The number of amides is 1. The first-order valence-electron chi connectivity index (χ1n) is 10.5. The van der Waals surface area contributed by atoms with E-state index in [1.807, 2.05) is 0 Å². The Kier molecular flexibility index (Phi) is 7.03. The van der Waals surface area contributed by atoms with Crippen molar-refractivity contribution in [2.75, 3.05) is 13.2 Å². The van der Waals surface area contributed by atoms with Gasteiger partial charge in [-0.25, -0.2) is 0 Å². The van der Waals surface area contributed by atoms with E-state index in [1.165, 1.54) is 6.92 Å². The van der Waals surface area contributed by atoms with E-state index in [4.69, 9.17) is 16.2 Å². The summed E-state index contributed by atoms with van der Waals surface area (Å²) in [6, 6.07) is 10.4. The predicted molar refractivity (Wildman–Crippen MR) is 112 cm³/mol. The first-order chi connectivity index (χ1) is 15.7. The van der Waals surface area contributed by atoms with Crippen LogP contribution in [0.4, 0.5) is 26.3 Å². The molecule has 186 valence electrons. The zero-order valence-electron chi connectivity index (χ0n) is 18.3. The van der Waals surface area contributed by atoms with Gasteiger partial charge >= 0.3 is 12.4 Å². The van der Waals surface area contributed by atoms with Crippen LogP contribution in [0.5, 0.6) is 0 Å². The molecule has 5 nitrogen and oxygen atoms in total. The highest BCUT2D eigenvalue weighted by Crippen LogP contribution is 2.39. The smallest absolute Gasteiger partial charge is 0.372 e. The van der Waals surface area contributed by atoms with E-state index < -0.39 is 46.6 Å². The molecule has 1 amide bonds. The summed E-state index contributed by atoms with van der Waals surface area (Å²) in [6.45, 7) is 1.31. The molecule has 0 radical (unpaired) electrons. The fraction of sp³-hybridized carbons (Fsp3) is 0.435. The largest absolute Gasteiger partial charge is 0.416 e. The number of piperidine rings is 1. The maximum atomic E-state index is 13.2. The summed E-state index contributed by atoms with van der Waals surface area (Å²) in [4.78, 5) is 11.7. The van der Waals surface area contributed by atoms with Crippen LogP contribution in [0, 0.1) is 0 Å². The SMILES string of the molecule is C[C@@H](OC[C@@]1(c2ccccc2)CC[C@](N)(C(N)=O)CN1)c1cc(C(F)(F)F)cc(C(F)(F)F)c1. The zero-order chi connectivity index (χ0) is 25.4. The van der Waals surface area contributed by atoms with Gasteiger partial charge in [0.25, 0.3) is 0 Å². The van der Waals surface area contributed by atoms with E-state index in [2.05, 4.69) is 5.32 Å². The third-order valence-corrected chi connectivity index (χ3v) is 6.22. The van der Waals surface area contributed by atoms with Gasteiger partial charge in [-0.05, 0) is 49.1 Å². The van der Waals surface area contributed by atoms with Crippen molar-refractivity contribution in [1.29, 1.82) is 0 Å². The van der Waals surface area contributed by atoms with Crippen molar-refractivity contribution in [3.63, 3.8) is 0 Å². The fourth-order valence-corrected chi connectivity index (χ4v) is 3.94. The molecule has 1 aliphatic rings. The van der Waals surface area contributed by atoms with Crippen LogP contribution < -0.4 is 16.8 Å². The number of ether oxygens (including phenoxy) is 1. The molecule has 0 aliphatic carbocycles. The van der Waals surface area contributed by atoms with Crippen molar-refractivity contribution in [3.8, 4) is 0 Å². The van der Waals surface area contributed by atoms with E-state index in [0.717, 1.165) is 5.56 Å². The lowest BCUT2D eigenvalue weighted by Crippen LogP contribution is -2.66. The van der Waals surface area contributed by atoms with Crippen LogP contribution in [-0.2, 0) is 27.4 Å². The molecule has 3 rings (SSSR count). The second kappa shape index (κ2) is 9.20. The monoisotopic (exact) mass is 489 g/mol. The van der Waals surface area contributed by atoms with Crippen molar-refractivity contribution in [2.24, 2.45) is 11.5 Å². The number of rotatable bonds is 6. The highest BCUT2D eigenvalue weighted by atomic mass is 19.4. The van der Waals surface area contributed by atoms with Crippen LogP contribution in [0.2, 0.25) is 0 Å². The quantitative estimate of drug-likeness (QED) is 0.529. The number of carbonyl (C=O) groups is 1. The maximum Gasteiger partial charge on any atom is 0.416 e. The lowest BCUT2D eigenvalue weighted by Gasteiger charge is -2.45. The molecule has 1 heterocycles. The van der Waals surface area contributed by atoms with Gasteiger partial charge in [-0.2, -0.15) is 26.3 Å². The average Bonchev–Trinajstić information content (AvgIpc) is 2.78. The topological polar surface area (TPSA) is 90.4 Å². The summed E-state index contributed by atoms with van der Waals surface area (Å²) >= 11 is 0. The summed E-state index contributed by atoms with van der Waals surface area (Å²) in [6.07, 6.45) is -10.5. The van der Waals surface area contributed by atoms with Gasteiger partial charge < -0.3 is 21.5 Å². The third kappa shape index (κ3) is 5.53. The minimum Gasteiger partial charge on any atom is -0.372 e. The lowest BCUT2D eigenvalue weighted by molar-refractivity contribution is -0.143. The molecule has 1 fully saturated rings. The van der Waals surface area contributed by atoms with Gasteiger partial charge in [0.1, 0.15) is 5.54 Å². The molecule has 3 atom stereocenters. The minimum absolute atomic E-state index is 0.0246. The van der Waals surface area contributed by atoms with E-state index in [-0.39, 0.29) is 31.2 Å². The number of nitrogens with one attached hydrogen (secondary N) is 1. The van der Waals surface area contributed by atoms with E-state index in [1.54, 1.807) is 30.3 Å². The van der Waals surface area contributed by atoms with Gasteiger partial charge in [0.2, 0.25) is 5.91 Å². The Hall–Kier alpha value is -2.63. The molecule has 1 saturated heterocycles. The summed E-state index contributed by atoms with van der Waals surface area (Å²) < 4.78 is 85.2. The molecule has 0 bridgehead atoms. The van der Waals surface area contributed by atoms with Crippen LogP contribution in [0.15, 0.2) is 48.5 Å². The van der Waals surface area contributed by atoms with Gasteiger partial charge in [0.05, 0.1) is 29.4 Å². The molecule has 1 aliphatic heterocycles. The Morgan fingerprint density at radius 3 is 2.03 bits per heavy atom. The Balaban J connectivity index is 1.89. The van der Waals surface area contributed by atoms with Crippen molar-refractivity contribution >= 4 is 5.91 Å². The van der Waals surface area contributed by atoms with Crippen molar-refractivity contribution in [1.82, 2.24) is 5.32 Å². The third-order valence-electron chi connectivity index (χ3n) is 6.22. The zero-order valence-corrected chi connectivity index (χ0v) is 18.3. The summed E-state index contributed by atoms with van der Waals surface area (Å²) in [5.41, 5.74) is 7.02. The second-order valence-corrected chi connectivity index (χ2v) is 8.61. The van der Waals surface area contributed by atoms with Gasteiger partial charge in [0.15, 0.2) is 0 Å². The Bertz CT molecular complexity index is 983. The van der Waals surface area contributed by atoms with Gasteiger partial charge in [-0.1, -0.05) is 30.3 Å². The first-order valence-corrected chi connectivity index (χ1v) is 10.5. The van der Waals surface area contributed by atoms with Gasteiger partial charge in [0, 0.05) is 6.54 Å². The highest BCUT2D eigenvalue weighted by molar-refractivity contribution is 5.84. The molecular formula is C23H25F6N3O2. The van der Waals surface area contributed by atoms with Gasteiger partial charge in [-0.15, -0.1) is 0 Å². The predicted octanol–water partition coefficient (Wildman–Crippen LogP) is 4.26. The first kappa shape index (κ1) is 26.0. The van der Waals surface area contributed by atoms with Crippen molar-refractivity contribution in [2.45, 2.75) is 49.3 Å². The van der Waals surface area contributed by atoms with Crippen LogP contribution in [-0.4, -0.2) is 24.6 Å². The normalized spacial score (nSPS) is 24.6.